The van der Waals surface area contributed by atoms with Crippen molar-refractivity contribution in [2.24, 2.45) is 0 Å². The molecule has 1 amide bonds. The third-order valence-corrected chi connectivity index (χ3v) is 4.07. The molecule has 0 radical (unpaired) electrons. The highest BCUT2D eigenvalue weighted by Gasteiger charge is 2.27. The predicted octanol–water partition coefficient (Wildman–Crippen LogP) is 2.30. The SMILES string of the molecule is O=C1C[C@H](O)CN1Cc1ccc(Oc2ccc3c(c2)OCO3)cc1. The molecule has 2 heterocycles. The molecule has 1 fully saturated rings. The number of likely N-dealkylation sites (tertiary alicyclic amines) is 1. The van der Waals surface area contributed by atoms with Crippen LogP contribution in [0.25, 0.3) is 0 Å². The van der Waals surface area contributed by atoms with Crippen molar-refractivity contribution in [3.8, 4) is 23.0 Å². The Morgan fingerprint density at radius 3 is 2.58 bits per heavy atom. The van der Waals surface area contributed by atoms with Crippen LogP contribution in [-0.4, -0.2) is 35.4 Å². The fourth-order valence-electron chi connectivity index (χ4n) is 2.86. The second kappa shape index (κ2) is 6.05. The average Bonchev–Trinajstić information content (AvgIpc) is 3.15. The maximum absolute atomic E-state index is 11.7. The van der Waals surface area contributed by atoms with E-state index < -0.39 is 6.10 Å². The van der Waals surface area contributed by atoms with Gasteiger partial charge in [0.2, 0.25) is 12.7 Å². The van der Waals surface area contributed by atoms with Crippen molar-refractivity contribution < 1.29 is 24.1 Å². The molecule has 124 valence electrons. The zero-order valence-electron chi connectivity index (χ0n) is 13.0. The van der Waals surface area contributed by atoms with Crippen LogP contribution in [-0.2, 0) is 11.3 Å². The first-order valence-corrected chi connectivity index (χ1v) is 7.80. The number of carbonyl (C=O) groups is 1. The third-order valence-electron chi connectivity index (χ3n) is 4.07. The number of nitrogens with zero attached hydrogens (tertiary/aromatic N) is 1. The second-order valence-electron chi connectivity index (χ2n) is 5.89. The van der Waals surface area contributed by atoms with Crippen LogP contribution >= 0.6 is 0 Å². The standard InChI is InChI=1S/C18H17NO5/c20-13-7-18(21)19(10-13)9-12-1-3-14(4-2-12)24-15-5-6-16-17(8-15)23-11-22-16/h1-6,8,13,20H,7,9-11H2/t13-/m0/s1. The topological polar surface area (TPSA) is 68.2 Å². The van der Waals surface area contributed by atoms with Gasteiger partial charge in [-0.1, -0.05) is 12.1 Å². The minimum atomic E-state index is -0.550. The Morgan fingerprint density at radius 2 is 1.83 bits per heavy atom. The van der Waals surface area contributed by atoms with Crippen molar-refractivity contribution in [3.63, 3.8) is 0 Å². The summed E-state index contributed by atoms with van der Waals surface area (Å²) in [5, 5.41) is 9.52. The quantitative estimate of drug-likeness (QED) is 0.933. The number of β-amino-alcohol motifs (C(OH)–C–C–N with tert-alkyl or cyclic N) is 1. The fraction of sp³-hybridized carbons (Fsp3) is 0.278. The number of fused-ring (bicyclic) bond motifs is 1. The Morgan fingerprint density at radius 1 is 1.08 bits per heavy atom. The first kappa shape index (κ1) is 14.8. The lowest BCUT2D eigenvalue weighted by Gasteiger charge is -2.16. The van der Waals surface area contributed by atoms with E-state index in [1.54, 1.807) is 11.0 Å². The monoisotopic (exact) mass is 327 g/mol. The van der Waals surface area contributed by atoms with Gasteiger partial charge in [0.05, 0.1) is 12.5 Å². The summed E-state index contributed by atoms with van der Waals surface area (Å²) in [6.07, 6.45) is -0.336. The first-order valence-electron chi connectivity index (χ1n) is 7.80. The zero-order chi connectivity index (χ0) is 16.5. The highest BCUT2D eigenvalue weighted by Crippen LogP contribution is 2.36. The summed E-state index contributed by atoms with van der Waals surface area (Å²) in [5.41, 5.74) is 0.996. The number of aliphatic hydroxyl groups excluding tert-OH is 1. The Labute approximate surface area is 139 Å². The van der Waals surface area contributed by atoms with Gasteiger partial charge < -0.3 is 24.2 Å². The molecule has 2 aromatic carbocycles. The van der Waals surface area contributed by atoms with E-state index in [2.05, 4.69) is 0 Å². The molecule has 0 aliphatic carbocycles. The number of carbonyl (C=O) groups excluding carboxylic acids is 1. The molecule has 0 bridgehead atoms. The summed E-state index contributed by atoms with van der Waals surface area (Å²) in [6, 6.07) is 13.0. The number of amides is 1. The van der Waals surface area contributed by atoms with E-state index in [-0.39, 0.29) is 19.1 Å². The molecule has 0 unspecified atom stereocenters. The normalized spacial score (nSPS) is 19.0. The number of benzene rings is 2. The third kappa shape index (κ3) is 3.00. The Bertz CT molecular complexity index is 759. The van der Waals surface area contributed by atoms with Gasteiger partial charge in [-0.15, -0.1) is 0 Å². The smallest absolute Gasteiger partial charge is 0.231 e. The molecule has 2 aliphatic heterocycles. The Balaban J connectivity index is 1.41. The van der Waals surface area contributed by atoms with E-state index in [1.165, 1.54) is 0 Å². The van der Waals surface area contributed by atoms with Crippen LogP contribution in [0.4, 0.5) is 0 Å². The maximum Gasteiger partial charge on any atom is 0.231 e. The van der Waals surface area contributed by atoms with Gasteiger partial charge in [-0.05, 0) is 29.8 Å². The van der Waals surface area contributed by atoms with Gasteiger partial charge in [-0.3, -0.25) is 4.79 Å². The van der Waals surface area contributed by atoms with Crippen LogP contribution in [0.5, 0.6) is 23.0 Å². The van der Waals surface area contributed by atoms with E-state index >= 15 is 0 Å². The van der Waals surface area contributed by atoms with E-state index in [0.717, 1.165) is 11.3 Å². The molecule has 6 nitrogen and oxygen atoms in total. The van der Waals surface area contributed by atoms with Crippen molar-refractivity contribution in [1.29, 1.82) is 0 Å². The summed E-state index contributed by atoms with van der Waals surface area (Å²) in [6.45, 7) is 1.13. The average molecular weight is 327 g/mol. The second-order valence-corrected chi connectivity index (χ2v) is 5.89. The highest BCUT2D eigenvalue weighted by atomic mass is 16.7. The number of rotatable bonds is 4. The number of ether oxygens (including phenoxy) is 3. The summed E-state index contributed by atoms with van der Waals surface area (Å²) in [4.78, 5) is 13.4. The largest absolute Gasteiger partial charge is 0.457 e. The molecule has 6 heteroatoms. The van der Waals surface area contributed by atoms with E-state index in [1.807, 2.05) is 36.4 Å². The lowest BCUT2D eigenvalue weighted by atomic mass is 10.2. The molecule has 1 atom stereocenters. The number of hydrogen-bond donors (Lipinski definition) is 1. The van der Waals surface area contributed by atoms with E-state index in [9.17, 15) is 9.90 Å². The van der Waals surface area contributed by atoms with Gasteiger partial charge >= 0.3 is 0 Å². The van der Waals surface area contributed by atoms with Crippen LogP contribution in [0.1, 0.15) is 12.0 Å². The molecular formula is C18H17NO5. The molecule has 1 saturated heterocycles. The van der Waals surface area contributed by atoms with Crippen LogP contribution in [0, 0.1) is 0 Å². The zero-order valence-corrected chi connectivity index (χ0v) is 13.0. The molecule has 2 aromatic rings. The van der Waals surface area contributed by atoms with Crippen LogP contribution in [0.3, 0.4) is 0 Å². The molecule has 0 aromatic heterocycles. The lowest BCUT2D eigenvalue weighted by molar-refractivity contribution is -0.128. The van der Waals surface area contributed by atoms with Gasteiger partial charge in [-0.25, -0.2) is 0 Å². The summed E-state index contributed by atoms with van der Waals surface area (Å²) in [7, 11) is 0. The van der Waals surface area contributed by atoms with Gasteiger partial charge in [0.15, 0.2) is 11.5 Å². The molecule has 0 saturated carbocycles. The van der Waals surface area contributed by atoms with Gasteiger partial charge in [0.1, 0.15) is 11.5 Å². The molecular weight excluding hydrogens is 310 g/mol. The van der Waals surface area contributed by atoms with Crippen molar-refractivity contribution in [2.75, 3.05) is 13.3 Å². The molecule has 4 rings (SSSR count). The van der Waals surface area contributed by atoms with Gasteiger partial charge in [-0.2, -0.15) is 0 Å². The van der Waals surface area contributed by atoms with E-state index in [4.69, 9.17) is 14.2 Å². The van der Waals surface area contributed by atoms with Crippen LogP contribution in [0.2, 0.25) is 0 Å². The number of hydrogen-bond acceptors (Lipinski definition) is 5. The van der Waals surface area contributed by atoms with Gasteiger partial charge in [0, 0.05) is 19.2 Å². The Hall–Kier alpha value is -2.73. The molecule has 24 heavy (non-hydrogen) atoms. The molecule has 1 N–H and O–H groups in total. The minimum absolute atomic E-state index is 0.0109. The first-order chi connectivity index (χ1) is 11.7. The van der Waals surface area contributed by atoms with Crippen molar-refractivity contribution in [1.82, 2.24) is 4.90 Å². The number of aliphatic hydroxyl groups is 1. The van der Waals surface area contributed by atoms with Crippen LogP contribution in [0.15, 0.2) is 42.5 Å². The van der Waals surface area contributed by atoms with Crippen molar-refractivity contribution in [2.45, 2.75) is 19.1 Å². The summed E-state index contributed by atoms with van der Waals surface area (Å²) < 4.78 is 16.4. The fourth-order valence-corrected chi connectivity index (χ4v) is 2.86. The highest BCUT2D eigenvalue weighted by molar-refractivity contribution is 5.79. The molecule has 2 aliphatic rings. The lowest BCUT2D eigenvalue weighted by Crippen LogP contribution is -2.25. The summed E-state index contributed by atoms with van der Waals surface area (Å²) in [5.74, 6) is 2.75. The Kier molecular flexibility index (Phi) is 3.74. The van der Waals surface area contributed by atoms with Gasteiger partial charge in [0.25, 0.3) is 0 Å². The van der Waals surface area contributed by atoms with Crippen molar-refractivity contribution >= 4 is 5.91 Å². The predicted molar refractivity (Wildman–Crippen MR) is 85.1 cm³/mol. The van der Waals surface area contributed by atoms with Crippen LogP contribution < -0.4 is 14.2 Å². The maximum atomic E-state index is 11.7. The minimum Gasteiger partial charge on any atom is -0.457 e. The van der Waals surface area contributed by atoms with Crippen molar-refractivity contribution in [3.05, 3.63) is 48.0 Å². The molecule has 0 spiro atoms. The van der Waals surface area contributed by atoms with E-state index in [0.29, 0.717) is 30.3 Å². The summed E-state index contributed by atoms with van der Waals surface area (Å²) >= 11 is 0.